The van der Waals surface area contributed by atoms with Crippen LogP contribution in [0.1, 0.15) is 0 Å². The molecule has 1 N–H and O–H groups in total. The van der Waals surface area contributed by atoms with Crippen molar-refractivity contribution in [3.05, 3.63) is 12.3 Å². The van der Waals surface area contributed by atoms with Gasteiger partial charge in [-0.1, -0.05) is 0 Å². The number of nitrogens with zero attached hydrogens (tertiary/aromatic N) is 1. The van der Waals surface area contributed by atoms with E-state index in [0.717, 1.165) is 12.3 Å². The standard InChI is InChI=1S/C5H4F2N2/c6-3-1-2-9-5(7)4(3)8/h1-3,8H. The zero-order valence-electron chi connectivity index (χ0n) is 4.44. The first-order chi connectivity index (χ1) is 4.22. The highest BCUT2D eigenvalue weighted by atomic mass is 19.1. The maximum atomic E-state index is 12.2. The van der Waals surface area contributed by atoms with E-state index in [2.05, 4.69) is 4.99 Å². The molecule has 9 heavy (non-hydrogen) atoms. The molecular formula is C5H4F2N2. The first kappa shape index (κ1) is 6.07. The van der Waals surface area contributed by atoms with Gasteiger partial charge in [-0.25, -0.2) is 9.38 Å². The zero-order chi connectivity index (χ0) is 6.85. The summed E-state index contributed by atoms with van der Waals surface area (Å²) in [4.78, 5) is 3.07. The number of hydrogen-bond donors (Lipinski definition) is 1. The van der Waals surface area contributed by atoms with Gasteiger partial charge in [0.1, 0.15) is 5.71 Å². The fourth-order valence-electron chi connectivity index (χ4n) is 0.464. The zero-order valence-corrected chi connectivity index (χ0v) is 4.44. The van der Waals surface area contributed by atoms with Gasteiger partial charge in [0.2, 0.25) is 5.97 Å². The van der Waals surface area contributed by atoms with E-state index >= 15 is 0 Å². The van der Waals surface area contributed by atoms with Gasteiger partial charge in [-0.15, -0.1) is 0 Å². The third-order valence-electron chi connectivity index (χ3n) is 0.941. The Kier molecular flexibility index (Phi) is 1.38. The second-order valence-electron chi connectivity index (χ2n) is 1.58. The lowest BCUT2D eigenvalue weighted by molar-refractivity contribution is 0.489. The minimum atomic E-state index is -1.62. The summed E-state index contributed by atoms with van der Waals surface area (Å²) < 4.78 is 24.3. The van der Waals surface area contributed by atoms with Crippen LogP contribution in [0.5, 0.6) is 0 Å². The van der Waals surface area contributed by atoms with E-state index < -0.39 is 17.8 Å². The van der Waals surface area contributed by atoms with Gasteiger partial charge in [-0.05, 0) is 6.08 Å². The Morgan fingerprint density at radius 2 is 2.33 bits per heavy atom. The van der Waals surface area contributed by atoms with Crippen LogP contribution in [0.2, 0.25) is 0 Å². The first-order valence-corrected chi connectivity index (χ1v) is 2.34. The van der Waals surface area contributed by atoms with Crippen LogP contribution in [-0.2, 0) is 0 Å². The Morgan fingerprint density at radius 1 is 1.67 bits per heavy atom. The Balaban J connectivity index is 2.86. The van der Waals surface area contributed by atoms with Crippen molar-refractivity contribution in [2.75, 3.05) is 0 Å². The molecule has 0 bridgehead atoms. The van der Waals surface area contributed by atoms with Crippen LogP contribution in [0.3, 0.4) is 0 Å². The number of halogens is 2. The first-order valence-electron chi connectivity index (χ1n) is 2.34. The van der Waals surface area contributed by atoms with Gasteiger partial charge in [-0.3, -0.25) is 5.41 Å². The summed E-state index contributed by atoms with van der Waals surface area (Å²) in [6.07, 6.45) is 0.409. The molecule has 0 aromatic rings. The molecule has 1 unspecified atom stereocenters. The highest BCUT2D eigenvalue weighted by Crippen LogP contribution is 2.04. The van der Waals surface area contributed by atoms with Crippen molar-refractivity contribution in [1.29, 1.82) is 5.41 Å². The molecule has 0 aliphatic carbocycles. The summed E-state index contributed by atoms with van der Waals surface area (Å²) in [6.45, 7) is 0. The normalized spacial score (nSPS) is 26.2. The van der Waals surface area contributed by atoms with Gasteiger partial charge in [0.25, 0.3) is 0 Å². The minimum absolute atomic E-state index is 0.697. The van der Waals surface area contributed by atoms with Crippen LogP contribution in [0, 0.1) is 5.41 Å². The van der Waals surface area contributed by atoms with Crippen LogP contribution in [0.15, 0.2) is 17.3 Å². The molecule has 4 heteroatoms. The molecule has 0 amide bonds. The molecule has 0 aromatic heterocycles. The van der Waals surface area contributed by atoms with Crippen molar-refractivity contribution in [2.45, 2.75) is 6.17 Å². The molecule has 48 valence electrons. The van der Waals surface area contributed by atoms with E-state index in [4.69, 9.17) is 5.41 Å². The third kappa shape index (κ3) is 1.01. The smallest absolute Gasteiger partial charge is 0.237 e. The quantitative estimate of drug-likeness (QED) is 0.512. The van der Waals surface area contributed by atoms with Crippen molar-refractivity contribution in [2.24, 2.45) is 4.99 Å². The van der Waals surface area contributed by atoms with E-state index in [-0.39, 0.29) is 0 Å². The fraction of sp³-hybridized carbons (Fsp3) is 0.200. The average molecular weight is 130 g/mol. The third-order valence-corrected chi connectivity index (χ3v) is 0.941. The molecule has 1 aliphatic heterocycles. The summed E-state index contributed by atoms with van der Waals surface area (Å²) in [7, 11) is 0. The topological polar surface area (TPSA) is 36.2 Å². The monoisotopic (exact) mass is 130 g/mol. The molecule has 1 heterocycles. The van der Waals surface area contributed by atoms with Crippen LogP contribution < -0.4 is 0 Å². The van der Waals surface area contributed by atoms with Crippen LogP contribution in [0.4, 0.5) is 8.78 Å². The van der Waals surface area contributed by atoms with Gasteiger partial charge >= 0.3 is 0 Å². The second kappa shape index (κ2) is 2.05. The molecular weight excluding hydrogens is 126 g/mol. The maximum absolute atomic E-state index is 12.2. The van der Waals surface area contributed by atoms with Gasteiger partial charge in [-0.2, -0.15) is 4.39 Å². The van der Waals surface area contributed by atoms with Gasteiger partial charge in [0.15, 0.2) is 6.17 Å². The molecule has 0 spiro atoms. The largest absolute Gasteiger partial charge is 0.297 e. The van der Waals surface area contributed by atoms with E-state index in [0.29, 0.717) is 0 Å². The minimum Gasteiger partial charge on any atom is -0.297 e. The number of aliphatic imine (C=N–C) groups is 1. The van der Waals surface area contributed by atoms with Gasteiger partial charge in [0, 0.05) is 6.20 Å². The molecule has 1 atom stereocenters. The second-order valence-corrected chi connectivity index (χ2v) is 1.58. The predicted molar refractivity (Wildman–Crippen MR) is 30.3 cm³/mol. The fourth-order valence-corrected chi connectivity index (χ4v) is 0.464. The Hall–Kier alpha value is -1.06. The van der Waals surface area contributed by atoms with Crippen LogP contribution in [0.25, 0.3) is 0 Å². The summed E-state index contributed by atoms with van der Waals surface area (Å²) in [6, 6.07) is 0. The summed E-state index contributed by atoms with van der Waals surface area (Å²) in [5.41, 5.74) is -0.697. The maximum Gasteiger partial charge on any atom is 0.237 e. The lowest BCUT2D eigenvalue weighted by Crippen LogP contribution is -2.21. The Bertz CT molecular complexity index is 195. The number of hydrogen-bond acceptors (Lipinski definition) is 2. The molecule has 2 nitrogen and oxygen atoms in total. The highest BCUT2D eigenvalue weighted by molar-refractivity contribution is 6.40. The van der Waals surface area contributed by atoms with Crippen molar-refractivity contribution in [1.82, 2.24) is 0 Å². The molecule has 0 saturated heterocycles. The van der Waals surface area contributed by atoms with Crippen molar-refractivity contribution >= 4 is 11.7 Å². The Morgan fingerprint density at radius 3 is 2.78 bits per heavy atom. The van der Waals surface area contributed by atoms with Crippen LogP contribution >= 0.6 is 0 Å². The summed E-state index contributed by atoms with van der Waals surface area (Å²) in [5, 5.41) is 6.67. The SMILES string of the molecule is N=C1C(F)=NC=CC1F. The predicted octanol–water partition coefficient (Wildman–Crippen LogP) is 1.24. The summed E-state index contributed by atoms with van der Waals surface area (Å²) >= 11 is 0. The number of nitrogens with one attached hydrogen (secondary N) is 1. The highest BCUT2D eigenvalue weighted by Gasteiger charge is 2.18. The Labute approximate surface area is 50.4 Å². The molecule has 1 aliphatic rings. The van der Waals surface area contributed by atoms with Crippen molar-refractivity contribution in [3.63, 3.8) is 0 Å². The van der Waals surface area contributed by atoms with Crippen molar-refractivity contribution in [3.8, 4) is 0 Å². The van der Waals surface area contributed by atoms with E-state index in [1.54, 1.807) is 0 Å². The molecule has 0 radical (unpaired) electrons. The molecule has 0 saturated carbocycles. The lowest BCUT2D eigenvalue weighted by Gasteiger charge is -2.03. The van der Waals surface area contributed by atoms with E-state index in [9.17, 15) is 8.78 Å². The molecule has 0 fully saturated rings. The van der Waals surface area contributed by atoms with E-state index in [1.807, 2.05) is 0 Å². The van der Waals surface area contributed by atoms with Crippen LogP contribution in [-0.4, -0.2) is 17.8 Å². The lowest BCUT2D eigenvalue weighted by atomic mass is 10.2. The van der Waals surface area contributed by atoms with Gasteiger partial charge in [0.05, 0.1) is 0 Å². The van der Waals surface area contributed by atoms with Crippen molar-refractivity contribution < 1.29 is 8.78 Å². The average Bonchev–Trinajstić information content (AvgIpc) is 1.83. The summed E-state index contributed by atoms with van der Waals surface area (Å²) in [5.74, 6) is -1.04. The number of allylic oxidation sites excluding steroid dienone is 1. The van der Waals surface area contributed by atoms with E-state index in [1.165, 1.54) is 0 Å². The number of rotatable bonds is 0. The molecule has 0 aromatic carbocycles. The molecule has 1 rings (SSSR count). The van der Waals surface area contributed by atoms with Gasteiger partial charge < -0.3 is 0 Å². The number of alkyl halides is 1.